The summed E-state index contributed by atoms with van der Waals surface area (Å²) in [5.41, 5.74) is 10.8. The zero-order valence-electron chi connectivity index (χ0n) is 15.8. The van der Waals surface area contributed by atoms with Gasteiger partial charge in [-0.2, -0.15) is 0 Å². The van der Waals surface area contributed by atoms with Crippen LogP contribution in [0.25, 0.3) is 0 Å². The summed E-state index contributed by atoms with van der Waals surface area (Å²) in [6.45, 7) is 12.6. The first-order valence-electron chi connectivity index (χ1n) is 9.10. The highest BCUT2D eigenvalue weighted by Gasteiger charge is 2.09. The average Bonchev–Trinajstić information content (AvgIpc) is 2.59. The van der Waals surface area contributed by atoms with Crippen molar-refractivity contribution in [2.24, 2.45) is 5.73 Å². The molecule has 0 aromatic heterocycles. The predicted octanol–water partition coefficient (Wildman–Crippen LogP) is 6.11. The molecule has 0 aromatic rings. The van der Waals surface area contributed by atoms with Crippen LogP contribution in [-0.2, 0) is 4.74 Å². The van der Waals surface area contributed by atoms with Crippen molar-refractivity contribution in [1.82, 2.24) is 0 Å². The van der Waals surface area contributed by atoms with Gasteiger partial charge in [0.05, 0.1) is 6.10 Å². The standard InChI is InChI=1S/C22H33NO/c1-6-9-19(8-3)20-10-12-21(13-11-20)22(14-15-23)16-18(5)24-17(4)7-2/h10,12-17H,5-9,11,23H2,1-4H3/b15-14?,20-19-,22-16+. The van der Waals surface area contributed by atoms with Gasteiger partial charge in [-0.15, -0.1) is 0 Å². The molecule has 0 aliphatic heterocycles. The zero-order valence-corrected chi connectivity index (χ0v) is 15.8. The zero-order chi connectivity index (χ0) is 17.9. The third-order valence-corrected chi connectivity index (χ3v) is 4.29. The molecule has 1 unspecified atom stereocenters. The molecule has 0 aromatic carbocycles. The Balaban J connectivity index is 2.95. The number of rotatable bonds is 9. The summed E-state index contributed by atoms with van der Waals surface area (Å²) in [4.78, 5) is 0. The summed E-state index contributed by atoms with van der Waals surface area (Å²) >= 11 is 0. The van der Waals surface area contributed by atoms with Gasteiger partial charge in [-0.05, 0) is 67.7 Å². The molecule has 0 heterocycles. The normalized spacial score (nSPS) is 18.5. The van der Waals surface area contributed by atoms with E-state index in [2.05, 4.69) is 45.6 Å². The van der Waals surface area contributed by atoms with Gasteiger partial charge in [0.25, 0.3) is 0 Å². The van der Waals surface area contributed by atoms with Crippen LogP contribution in [0.4, 0.5) is 0 Å². The Kier molecular flexibility index (Phi) is 8.99. The molecule has 2 N–H and O–H groups in total. The molecule has 0 radical (unpaired) electrons. The van der Waals surface area contributed by atoms with Gasteiger partial charge in [0, 0.05) is 0 Å². The maximum Gasteiger partial charge on any atom is 0.113 e. The van der Waals surface area contributed by atoms with Crippen LogP contribution in [0.15, 0.2) is 71.2 Å². The van der Waals surface area contributed by atoms with Crippen LogP contribution in [0.1, 0.15) is 59.8 Å². The molecule has 0 spiro atoms. The quantitative estimate of drug-likeness (QED) is 0.410. The Labute approximate surface area is 148 Å². The Morgan fingerprint density at radius 1 is 1.33 bits per heavy atom. The van der Waals surface area contributed by atoms with Gasteiger partial charge in [-0.25, -0.2) is 0 Å². The smallest absolute Gasteiger partial charge is 0.113 e. The van der Waals surface area contributed by atoms with Gasteiger partial charge in [0.1, 0.15) is 5.76 Å². The average molecular weight is 328 g/mol. The first-order valence-corrected chi connectivity index (χ1v) is 9.10. The van der Waals surface area contributed by atoms with E-state index in [0.29, 0.717) is 5.76 Å². The molecule has 0 saturated heterocycles. The Morgan fingerprint density at radius 2 is 2.08 bits per heavy atom. The van der Waals surface area contributed by atoms with E-state index in [0.717, 1.165) is 24.8 Å². The minimum absolute atomic E-state index is 0.170. The van der Waals surface area contributed by atoms with Crippen LogP contribution in [-0.4, -0.2) is 6.10 Å². The van der Waals surface area contributed by atoms with Crippen LogP contribution in [0.2, 0.25) is 0 Å². The topological polar surface area (TPSA) is 35.2 Å². The molecule has 2 nitrogen and oxygen atoms in total. The molecule has 1 aliphatic rings. The van der Waals surface area contributed by atoms with Crippen molar-refractivity contribution >= 4 is 0 Å². The summed E-state index contributed by atoms with van der Waals surface area (Å²) in [5.74, 6) is 0.674. The fraction of sp³-hybridized carbons (Fsp3) is 0.455. The maximum atomic E-state index is 5.77. The molecule has 1 aliphatic carbocycles. The molecule has 2 heteroatoms. The van der Waals surface area contributed by atoms with Gasteiger partial charge < -0.3 is 10.5 Å². The van der Waals surface area contributed by atoms with E-state index >= 15 is 0 Å². The highest BCUT2D eigenvalue weighted by molar-refractivity contribution is 5.53. The molecule has 1 atom stereocenters. The van der Waals surface area contributed by atoms with Crippen LogP contribution >= 0.6 is 0 Å². The SMILES string of the molecule is C=C(/C=C(\C=CN)C1=CC/C(=C(/CC)CCC)C=C1)OC(C)CC. The van der Waals surface area contributed by atoms with Crippen molar-refractivity contribution in [3.63, 3.8) is 0 Å². The number of allylic oxidation sites excluding steroid dienone is 9. The lowest BCUT2D eigenvalue weighted by Crippen LogP contribution is -2.05. The summed E-state index contributed by atoms with van der Waals surface area (Å²) < 4.78 is 5.77. The fourth-order valence-electron chi connectivity index (χ4n) is 2.77. The molecular formula is C22H33NO. The fourth-order valence-corrected chi connectivity index (χ4v) is 2.77. The third-order valence-electron chi connectivity index (χ3n) is 4.29. The molecule has 0 fully saturated rings. The van der Waals surface area contributed by atoms with Crippen LogP contribution in [0.5, 0.6) is 0 Å². The molecule has 0 amide bonds. The summed E-state index contributed by atoms with van der Waals surface area (Å²) in [5, 5.41) is 0. The largest absolute Gasteiger partial charge is 0.491 e. The molecule has 0 bridgehead atoms. The van der Waals surface area contributed by atoms with E-state index in [-0.39, 0.29) is 6.10 Å². The number of hydrogen-bond acceptors (Lipinski definition) is 2. The third kappa shape index (κ3) is 6.27. The van der Waals surface area contributed by atoms with Crippen molar-refractivity contribution < 1.29 is 4.74 Å². The van der Waals surface area contributed by atoms with Crippen LogP contribution < -0.4 is 5.73 Å². The van der Waals surface area contributed by atoms with E-state index in [9.17, 15) is 0 Å². The number of ether oxygens (including phenoxy) is 1. The molecule has 24 heavy (non-hydrogen) atoms. The molecular weight excluding hydrogens is 294 g/mol. The van der Waals surface area contributed by atoms with E-state index in [1.165, 1.54) is 24.0 Å². The van der Waals surface area contributed by atoms with Crippen molar-refractivity contribution in [3.8, 4) is 0 Å². The van der Waals surface area contributed by atoms with Crippen molar-refractivity contribution in [2.45, 2.75) is 65.9 Å². The van der Waals surface area contributed by atoms with Crippen LogP contribution in [0.3, 0.4) is 0 Å². The highest BCUT2D eigenvalue weighted by Crippen LogP contribution is 2.27. The lowest BCUT2D eigenvalue weighted by atomic mass is 9.91. The summed E-state index contributed by atoms with van der Waals surface area (Å²) in [7, 11) is 0. The van der Waals surface area contributed by atoms with E-state index in [1.54, 1.807) is 11.8 Å². The first kappa shape index (κ1) is 20.1. The molecule has 0 saturated carbocycles. The number of hydrogen-bond donors (Lipinski definition) is 1. The van der Waals surface area contributed by atoms with Gasteiger partial charge in [-0.3, -0.25) is 0 Å². The van der Waals surface area contributed by atoms with Gasteiger partial charge in [0.2, 0.25) is 0 Å². The Hall–Kier alpha value is -1.96. The van der Waals surface area contributed by atoms with E-state index < -0.39 is 0 Å². The Bertz CT molecular complexity index is 573. The minimum Gasteiger partial charge on any atom is -0.491 e. The van der Waals surface area contributed by atoms with E-state index in [1.807, 2.05) is 19.1 Å². The summed E-state index contributed by atoms with van der Waals surface area (Å²) in [6, 6.07) is 0. The van der Waals surface area contributed by atoms with E-state index in [4.69, 9.17) is 10.5 Å². The minimum atomic E-state index is 0.170. The second-order valence-corrected chi connectivity index (χ2v) is 6.19. The van der Waals surface area contributed by atoms with Crippen LogP contribution in [0, 0.1) is 0 Å². The van der Waals surface area contributed by atoms with Gasteiger partial charge in [0.15, 0.2) is 0 Å². The van der Waals surface area contributed by atoms with Crippen molar-refractivity contribution in [1.29, 1.82) is 0 Å². The lowest BCUT2D eigenvalue weighted by molar-refractivity contribution is 0.139. The van der Waals surface area contributed by atoms with Gasteiger partial charge >= 0.3 is 0 Å². The lowest BCUT2D eigenvalue weighted by Gasteiger charge is -2.16. The monoisotopic (exact) mass is 327 g/mol. The second-order valence-electron chi connectivity index (χ2n) is 6.19. The number of nitrogens with two attached hydrogens (primary N) is 1. The highest BCUT2D eigenvalue weighted by atomic mass is 16.5. The molecule has 132 valence electrons. The maximum absolute atomic E-state index is 5.77. The second kappa shape index (κ2) is 10.7. The Morgan fingerprint density at radius 3 is 2.58 bits per heavy atom. The van der Waals surface area contributed by atoms with Crippen molar-refractivity contribution in [2.75, 3.05) is 0 Å². The molecule has 1 rings (SSSR count). The summed E-state index contributed by atoms with van der Waals surface area (Å²) in [6.07, 6.45) is 17.7. The van der Waals surface area contributed by atoms with Crippen molar-refractivity contribution in [3.05, 3.63) is 71.2 Å². The first-order chi connectivity index (χ1) is 11.5. The predicted molar refractivity (Wildman–Crippen MR) is 105 cm³/mol. The van der Waals surface area contributed by atoms with Gasteiger partial charge in [-0.1, -0.05) is 57.6 Å².